The van der Waals surface area contributed by atoms with Gasteiger partial charge in [0.15, 0.2) is 5.96 Å². The molecule has 136 valence electrons. The minimum absolute atomic E-state index is 0.0256. The van der Waals surface area contributed by atoms with E-state index in [1.54, 1.807) is 11.3 Å². The van der Waals surface area contributed by atoms with E-state index in [1.165, 1.54) is 24.1 Å². The van der Waals surface area contributed by atoms with Gasteiger partial charge in [-0.2, -0.15) is 0 Å². The topological polar surface area (TPSA) is 58.5 Å². The summed E-state index contributed by atoms with van der Waals surface area (Å²) in [4.78, 5) is 10.3. The van der Waals surface area contributed by atoms with Crippen LogP contribution in [0.3, 0.4) is 0 Å². The van der Waals surface area contributed by atoms with E-state index < -0.39 is 0 Å². The summed E-state index contributed by atoms with van der Waals surface area (Å²) in [6, 6.07) is 0. The third-order valence-electron chi connectivity index (χ3n) is 4.34. The standard InChI is InChI=1S/C18H32N4OS/c1-4-11-23-18(9-7-6-8-10-18)14-22-17(19-5-2)21-13-16-20-12-15(3)24-16/h12H,4-11,13-14H2,1-3H3,(H2,19,21,22). The molecule has 0 amide bonds. The molecule has 1 aliphatic carbocycles. The Bertz CT molecular complexity index is 509. The molecule has 1 aliphatic rings. The van der Waals surface area contributed by atoms with Crippen LogP contribution in [0.1, 0.15) is 62.3 Å². The number of hydrogen-bond donors (Lipinski definition) is 2. The fraction of sp³-hybridized carbons (Fsp3) is 0.778. The number of aromatic nitrogens is 1. The highest BCUT2D eigenvalue weighted by Crippen LogP contribution is 2.31. The van der Waals surface area contributed by atoms with Gasteiger partial charge < -0.3 is 15.4 Å². The van der Waals surface area contributed by atoms with Crippen LogP contribution in [0.25, 0.3) is 0 Å². The number of aliphatic imine (C=N–C) groups is 1. The van der Waals surface area contributed by atoms with E-state index in [-0.39, 0.29) is 5.60 Å². The molecule has 0 aliphatic heterocycles. The molecule has 2 rings (SSSR count). The summed E-state index contributed by atoms with van der Waals surface area (Å²) in [6.45, 7) is 9.48. The first-order valence-corrected chi connectivity index (χ1v) is 10.1. The Morgan fingerprint density at radius 2 is 2.08 bits per heavy atom. The fourth-order valence-electron chi connectivity index (χ4n) is 3.09. The molecular formula is C18H32N4OS. The van der Waals surface area contributed by atoms with Gasteiger partial charge in [-0.3, -0.25) is 0 Å². The largest absolute Gasteiger partial charge is 0.373 e. The van der Waals surface area contributed by atoms with Crippen LogP contribution >= 0.6 is 11.3 Å². The summed E-state index contributed by atoms with van der Waals surface area (Å²) in [5.74, 6) is 0.857. The van der Waals surface area contributed by atoms with Gasteiger partial charge in [0.25, 0.3) is 0 Å². The molecule has 1 aromatic heterocycles. The SMILES string of the molecule is CCCOC1(CNC(=NCc2ncc(C)s2)NCC)CCCCC1. The van der Waals surface area contributed by atoms with Crippen LogP contribution in [-0.2, 0) is 11.3 Å². The minimum atomic E-state index is -0.0256. The molecule has 0 atom stereocenters. The molecule has 0 unspecified atom stereocenters. The summed E-state index contributed by atoms with van der Waals surface area (Å²) < 4.78 is 6.26. The van der Waals surface area contributed by atoms with E-state index in [9.17, 15) is 0 Å². The molecule has 6 heteroatoms. The predicted octanol–water partition coefficient (Wildman–Crippen LogP) is 3.64. The molecule has 0 radical (unpaired) electrons. The van der Waals surface area contributed by atoms with Gasteiger partial charge in [-0.15, -0.1) is 11.3 Å². The normalized spacial score (nSPS) is 17.7. The number of nitrogens with zero attached hydrogens (tertiary/aromatic N) is 2. The summed E-state index contributed by atoms with van der Waals surface area (Å²) in [5, 5.41) is 7.90. The predicted molar refractivity (Wildman–Crippen MR) is 102 cm³/mol. The Morgan fingerprint density at radius 3 is 2.71 bits per heavy atom. The van der Waals surface area contributed by atoms with Gasteiger partial charge in [-0.25, -0.2) is 9.98 Å². The van der Waals surface area contributed by atoms with Crippen molar-refractivity contribution in [3.8, 4) is 0 Å². The first kappa shape index (κ1) is 19.2. The van der Waals surface area contributed by atoms with E-state index in [0.717, 1.165) is 49.9 Å². The minimum Gasteiger partial charge on any atom is -0.373 e. The Balaban J connectivity index is 1.94. The zero-order valence-electron chi connectivity index (χ0n) is 15.4. The summed E-state index contributed by atoms with van der Waals surface area (Å²) in [7, 11) is 0. The molecule has 0 bridgehead atoms. The lowest BCUT2D eigenvalue weighted by atomic mass is 9.84. The third-order valence-corrected chi connectivity index (χ3v) is 5.24. The number of thiazole rings is 1. The van der Waals surface area contributed by atoms with Crippen molar-refractivity contribution in [2.75, 3.05) is 19.7 Å². The molecule has 0 spiro atoms. The molecule has 24 heavy (non-hydrogen) atoms. The molecule has 1 saturated carbocycles. The van der Waals surface area contributed by atoms with Crippen molar-refractivity contribution < 1.29 is 4.74 Å². The van der Waals surface area contributed by atoms with Gasteiger partial charge in [0.05, 0.1) is 12.1 Å². The quantitative estimate of drug-likeness (QED) is 0.554. The van der Waals surface area contributed by atoms with Crippen LogP contribution in [-0.4, -0.2) is 36.2 Å². The van der Waals surface area contributed by atoms with Crippen molar-refractivity contribution in [2.24, 2.45) is 4.99 Å². The maximum Gasteiger partial charge on any atom is 0.191 e. The number of hydrogen-bond acceptors (Lipinski definition) is 4. The number of rotatable bonds is 8. The van der Waals surface area contributed by atoms with Crippen LogP contribution < -0.4 is 10.6 Å². The van der Waals surface area contributed by atoms with E-state index in [4.69, 9.17) is 4.74 Å². The molecule has 1 aromatic rings. The van der Waals surface area contributed by atoms with E-state index in [2.05, 4.69) is 41.4 Å². The Hall–Kier alpha value is -1.14. The molecule has 1 heterocycles. The van der Waals surface area contributed by atoms with Crippen molar-refractivity contribution in [3.05, 3.63) is 16.1 Å². The highest BCUT2D eigenvalue weighted by molar-refractivity contribution is 7.11. The highest BCUT2D eigenvalue weighted by atomic mass is 32.1. The van der Waals surface area contributed by atoms with Crippen molar-refractivity contribution >= 4 is 17.3 Å². The number of guanidine groups is 1. The lowest BCUT2D eigenvalue weighted by Crippen LogP contribution is -2.49. The third kappa shape index (κ3) is 6.06. The number of ether oxygens (including phenoxy) is 1. The van der Waals surface area contributed by atoms with Crippen LogP contribution in [0.2, 0.25) is 0 Å². The molecule has 0 saturated heterocycles. The Morgan fingerprint density at radius 1 is 1.29 bits per heavy atom. The zero-order valence-corrected chi connectivity index (χ0v) is 16.2. The average Bonchev–Trinajstić information content (AvgIpc) is 3.02. The van der Waals surface area contributed by atoms with Gasteiger partial charge in [0.2, 0.25) is 0 Å². The van der Waals surface area contributed by atoms with Crippen LogP contribution in [0.15, 0.2) is 11.2 Å². The summed E-state index contributed by atoms with van der Waals surface area (Å²) in [5.41, 5.74) is -0.0256. The monoisotopic (exact) mass is 352 g/mol. The molecule has 5 nitrogen and oxygen atoms in total. The first-order valence-electron chi connectivity index (χ1n) is 9.25. The van der Waals surface area contributed by atoms with Crippen LogP contribution in [0, 0.1) is 6.92 Å². The second-order valence-electron chi connectivity index (χ2n) is 6.51. The Kier molecular flexibility index (Phi) is 7.99. The number of aryl methyl sites for hydroxylation is 1. The summed E-state index contributed by atoms with van der Waals surface area (Å²) >= 11 is 1.71. The average molecular weight is 353 g/mol. The second kappa shape index (κ2) is 9.99. The zero-order chi connectivity index (χ0) is 17.3. The van der Waals surface area contributed by atoms with Crippen LogP contribution in [0.5, 0.6) is 0 Å². The van der Waals surface area contributed by atoms with Crippen molar-refractivity contribution in [2.45, 2.75) is 71.4 Å². The van der Waals surface area contributed by atoms with Gasteiger partial charge in [0.1, 0.15) is 5.01 Å². The molecule has 2 N–H and O–H groups in total. The van der Waals surface area contributed by atoms with Crippen LogP contribution in [0.4, 0.5) is 0 Å². The van der Waals surface area contributed by atoms with Crippen molar-refractivity contribution in [1.82, 2.24) is 15.6 Å². The highest BCUT2D eigenvalue weighted by Gasteiger charge is 2.32. The second-order valence-corrected chi connectivity index (χ2v) is 7.82. The van der Waals surface area contributed by atoms with Crippen molar-refractivity contribution in [3.63, 3.8) is 0 Å². The molecular weight excluding hydrogens is 320 g/mol. The first-order chi connectivity index (χ1) is 11.7. The van der Waals surface area contributed by atoms with E-state index >= 15 is 0 Å². The molecule has 0 aromatic carbocycles. The van der Waals surface area contributed by atoms with Gasteiger partial charge >= 0.3 is 0 Å². The molecule has 1 fully saturated rings. The maximum absolute atomic E-state index is 6.26. The maximum atomic E-state index is 6.26. The lowest BCUT2D eigenvalue weighted by Gasteiger charge is -2.37. The van der Waals surface area contributed by atoms with E-state index in [0.29, 0.717) is 6.54 Å². The van der Waals surface area contributed by atoms with Gasteiger partial charge in [-0.05, 0) is 33.1 Å². The van der Waals surface area contributed by atoms with Gasteiger partial charge in [0, 0.05) is 30.8 Å². The van der Waals surface area contributed by atoms with E-state index in [1.807, 2.05) is 6.20 Å². The Labute approximate surface area is 150 Å². The lowest BCUT2D eigenvalue weighted by molar-refractivity contribution is -0.0657. The smallest absolute Gasteiger partial charge is 0.191 e. The number of nitrogens with one attached hydrogen (secondary N) is 2. The summed E-state index contributed by atoms with van der Waals surface area (Å²) in [6.07, 6.45) is 9.12. The van der Waals surface area contributed by atoms with Gasteiger partial charge in [-0.1, -0.05) is 26.2 Å². The van der Waals surface area contributed by atoms with Crippen molar-refractivity contribution in [1.29, 1.82) is 0 Å². The fourth-order valence-corrected chi connectivity index (χ4v) is 3.81.